The van der Waals surface area contributed by atoms with Gasteiger partial charge in [0.1, 0.15) is 0 Å². The smallest absolute Gasteiger partial charge is 0.253 e. The molecule has 72 valence electrons. The zero-order valence-corrected chi connectivity index (χ0v) is 7.29. The van der Waals surface area contributed by atoms with Crippen molar-refractivity contribution < 1.29 is 14.4 Å². The van der Waals surface area contributed by atoms with E-state index in [-0.39, 0.29) is 11.6 Å². The van der Waals surface area contributed by atoms with E-state index in [1.165, 1.54) is 0 Å². The molecule has 0 atom stereocenters. The van der Waals surface area contributed by atoms with E-state index in [2.05, 4.69) is 10.3 Å². The summed E-state index contributed by atoms with van der Waals surface area (Å²) in [5, 5.41) is 2.62. The molecule has 1 aromatic rings. The molecule has 1 aliphatic rings. The van der Waals surface area contributed by atoms with Crippen molar-refractivity contribution in [2.24, 2.45) is 0 Å². The van der Waals surface area contributed by atoms with E-state index in [1.54, 1.807) is 0 Å². The number of amides is 1. The number of H-pyrrole nitrogens is 1. The number of fused-ring (bicyclic) bond motifs is 1. The van der Waals surface area contributed by atoms with Crippen molar-refractivity contribution in [3.8, 4) is 0 Å². The molecule has 1 aromatic heterocycles. The van der Waals surface area contributed by atoms with Crippen LogP contribution in [0, 0.1) is 0 Å². The standard InChI is InChI=1S/C9H8N2O3/c12-3-6-5-1-2-10-9(14)8(5)7(4-13)11-6/h3-4,11H,1-2H2,(H,10,14). The Labute approximate surface area is 79.5 Å². The van der Waals surface area contributed by atoms with E-state index >= 15 is 0 Å². The number of aldehydes is 2. The maximum absolute atomic E-state index is 11.4. The molecule has 0 spiro atoms. The molecule has 2 rings (SSSR count). The number of aromatic amines is 1. The predicted molar refractivity (Wildman–Crippen MR) is 47.6 cm³/mol. The monoisotopic (exact) mass is 192 g/mol. The van der Waals surface area contributed by atoms with Gasteiger partial charge in [-0.15, -0.1) is 0 Å². The topological polar surface area (TPSA) is 79.0 Å². The van der Waals surface area contributed by atoms with Gasteiger partial charge in [0.2, 0.25) is 0 Å². The lowest BCUT2D eigenvalue weighted by molar-refractivity contribution is 0.0940. The maximum Gasteiger partial charge on any atom is 0.253 e. The van der Waals surface area contributed by atoms with E-state index in [0.717, 1.165) is 0 Å². The molecule has 14 heavy (non-hydrogen) atoms. The zero-order chi connectivity index (χ0) is 10.1. The number of carbonyl (C=O) groups excluding carboxylic acids is 3. The van der Waals surface area contributed by atoms with Crippen LogP contribution < -0.4 is 5.32 Å². The van der Waals surface area contributed by atoms with Crippen molar-refractivity contribution in [2.45, 2.75) is 6.42 Å². The Bertz CT molecular complexity index is 420. The zero-order valence-electron chi connectivity index (χ0n) is 7.29. The van der Waals surface area contributed by atoms with Crippen molar-refractivity contribution in [2.75, 3.05) is 6.54 Å². The summed E-state index contributed by atoms with van der Waals surface area (Å²) in [6.07, 6.45) is 1.76. The van der Waals surface area contributed by atoms with Gasteiger partial charge in [0, 0.05) is 6.54 Å². The average molecular weight is 192 g/mol. The number of aromatic nitrogens is 1. The fraction of sp³-hybridized carbons (Fsp3) is 0.222. The van der Waals surface area contributed by atoms with E-state index in [1.807, 2.05) is 0 Å². The van der Waals surface area contributed by atoms with Gasteiger partial charge in [-0.25, -0.2) is 0 Å². The quantitative estimate of drug-likeness (QED) is 0.643. The molecule has 0 aliphatic carbocycles. The first-order valence-electron chi connectivity index (χ1n) is 4.21. The second-order valence-corrected chi connectivity index (χ2v) is 3.05. The highest BCUT2D eigenvalue weighted by Crippen LogP contribution is 2.20. The van der Waals surface area contributed by atoms with Crippen LogP contribution in [0.3, 0.4) is 0 Å². The van der Waals surface area contributed by atoms with Gasteiger partial charge in [-0.1, -0.05) is 0 Å². The molecule has 1 aliphatic heterocycles. The number of carbonyl (C=O) groups is 3. The molecular formula is C9H8N2O3. The van der Waals surface area contributed by atoms with E-state index in [0.29, 0.717) is 42.4 Å². The summed E-state index contributed by atoms with van der Waals surface area (Å²) in [6, 6.07) is 0. The Morgan fingerprint density at radius 2 is 1.86 bits per heavy atom. The summed E-state index contributed by atoms with van der Waals surface area (Å²) in [5.41, 5.74) is 1.47. The van der Waals surface area contributed by atoms with Crippen LogP contribution in [0.15, 0.2) is 0 Å². The second kappa shape index (κ2) is 3.10. The van der Waals surface area contributed by atoms with Crippen LogP contribution in [0.1, 0.15) is 36.9 Å². The number of hydrogen-bond donors (Lipinski definition) is 2. The molecule has 2 heterocycles. The fourth-order valence-corrected chi connectivity index (χ4v) is 1.68. The Hall–Kier alpha value is -1.91. The van der Waals surface area contributed by atoms with Crippen molar-refractivity contribution in [1.29, 1.82) is 0 Å². The Morgan fingerprint density at radius 3 is 2.50 bits per heavy atom. The van der Waals surface area contributed by atoms with Gasteiger partial charge in [-0.2, -0.15) is 0 Å². The van der Waals surface area contributed by atoms with Crippen LogP contribution >= 0.6 is 0 Å². The van der Waals surface area contributed by atoms with Gasteiger partial charge < -0.3 is 10.3 Å². The van der Waals surface area contributed by atoms with Crippen LogP contribution in [0.4, 0.5) is 0 Å². The number of hydrogen-bond acceptors (Lipinski definition) is 3. The average Bonchev–Trinajstić information content (AvgIpc) is 2.57. The molecule has 0 unspecified atom stereocenters. The third-order valence-corrected chi connectivity index (χ3v) is 2.29. The highest BCUT2D eigenvalue weighted by molar-refractivity contribution is 6.05. The molecule has 2 N–H and O–H groups in total. The van der Waals surface area contributed by atoms with Crippen molar-refractivity contribution in [3.05, 3.63) is 22.5 Å². The van der Waals surface area contributed by atoms with Crippen molar-refractivity contribution >= 4 is 18.5 Å². The third-order valence-electron chi connectivity index (χ3n) is 2.29. The van der Waals surface area contributed by atoms with Crippen LogP contribution in [0.25, 0.3) is 0 Å². The lowest BCUT2D eigenvalue weighted by Gasteiger charge is -2.12. The molecule has 0 saturated heterocycles. The van der Waals surface area contributed by atoms with Gasteiger partial charge in [0.25, 0.3) is 5.91 Å². The summed E-state index contributed by atoms with van der Waals surface area (Å²) in [7, 11) is 0. The van der Waals surface area contributed by atoms with Gasteiger partial charge in [0.05, 0.1) is 17.0 Å². The van der Waals surface area contributed by atoms with Gasteiger partial charge in [-0.3, -0.25) is 14.4 Å². The van der Waals surface area contributed by atoms with E-state index in [4.69, 9.17) is 0 Å². The highest BCUT2D eigenvalue weighted by atomic mass is 16.2. The second-order valence-electron chi connectivity index (χ2n) is 3.05. The van der Waals surface area contributed by atoms with E-state index in [9.17, 15) is 14.4 Å². The largest absolute Gasteiger partial charge is 0.352 e. The Balaban J connectivity index is 2.67. The van der Waals surface area contributed by atoms with Gasteiger partial charge in [0.15, 0.2) is 12.6 Å². The minimum absolute atomic E-state index is 0.180. The van der Waals surface area contributed by atoms with Crippen LogP contribution in [-0.4, -0.2) is 30.0 Å². The summed E-state index contributed by atoms with van der Waals surface area (Å²) in [4.78, 5) is 35.3. The molecule has 5 heteroatoms. The van der Waals surface area contributed by atoms with Gasteiger partial charge >= 0.3 is 0 Å². The molecule has 1 amide bonds. The fourth-order valence-electron chi connectivity index (χ4n) is 1.68. The van der Waals surface area contributed by atoms with Crippen molar-refractivity contribution in [1.82, 2.24) is 10.3 Å². The number of nitrogens with one attached hydrogen (secondary N) is 2. The third kappa shape index (κ3) is 1.06. The molecule has 0 bridgehead atoms. The molecule has 0 fully saturated rings. The molecule has 0 saturated carbocycles. The molecule has 0 radical (unpaired) electrons. The molecular weight excluding hydrogens is 184 g/mol. The lowest BCUT2D eigenvalue weighted by atomic mass is 10.0. The number of rotatable bonds is 2. The summed E-state index contributed by atoms with van der Waals surface area (Å²) in [5.74, 6) is -0.294. The maximum atomic E-state index is 11.4. The molecule has 5 nitrogen and oxygen atoms in total. The Morgan fingerprint density at radius 1 is 1.14 bits per heavy atom. The summed E-state index contributed by atoms with van der Waals surface area (Å²) < 4.78 is 0. The predicted octanol–water partition coefficient (Wildman–Crippen LogP) is -0.0744. The minimum atomic E-state index is -0.294. The van der Waals surface area contributed by atoms with Crippen LogP contribution in [0.5, 0.6) is 0 Å². The Kier molecular flexibility index (Phi) is 1.92. The van der Waals surface area contributed by atoms with E-state index < -0.39 is 0 Å². The van der Waals surface area contributed by atoms with Crippen molar-refractivity contribution in [3.63, 3.8) is 0 Å². The summed E-state index contributed by atoms with van der Waals surface area (Å²) >= 11 is 0. The normalized spacial score (nSPS) is 14.4. The minimum Gasteiger partial charge on any atom is -0.352 e. The summed E-state index contributed by atoms with van der Waals surface area (Å²) in [6.45, 7) is 0.503. The first-order valence-corrected chi connectivity index (χ1v) is 4.21. The van der Waals surface area contributed by atoms with Crippen LogP contribution in [0.2, 0.25) is 0 Å². The lowest BCUT2D eigenvalue weighted by Crippen LogP contribution is -2.32. The van der Waals surface area contributed by atoms with Gasteiger partial charge in [-0.05, 0) is 12.0 Å². The highest BCUT2D eigenvalue weighted by Gasteiger charge is 2.25. The first-order chi connectivity index (χ1) is 6.77. The SMILES string of the molecule is O=Cc1[nH]c(C=O)c2c1CCNC2=O. The van der Waals surface area contributed by atoms with Crippen LogP contribution in [-0.2, 0) is 6.42 Å². The molecule has 0 aromatic carbocycles. The first kappa shape index (κ1) is 8.68.